The van der Waals surface area contributed by atoms with Gasteiger partial charge in [-0.2, -0.15) is 0 Å². The molecule has 0 amide bonds. The standard InChI is InChI=1S/C28H37NO4S2/c1-4-7-12-23(11-5-2)32-18-10-16-29-17-15-22(6-3)24(21-29)33-27(30)28(31,25-13-8-19-34-25)26-14-9-20-35-26/h5,7-9,11-14,19-20,22,24,31H,2,4,6,10,15-18,21H2,1,3H3/p+1/b12-7-,23-11+. The lowest BCUT2D eigenvalue weighted by atomic mass is 9.90. The Balaban J connectivity index is 1.61. The number of carbonyl (C=O) groups is 1. The van der Waals surface area contributed by atoms with E-state index in [2.05, 4.69) is 26.5 Å². The lowest BCUT2D eigenvalue weighted by molar-refractivity contribution is -0.909. The first-order valence-electron chi connectivity index (χ1n) is 12.5. The molecule has 3 unspecified atom stereocenters. The van der Waals surface area contributed by atoms with Crippen LogP contribution in [0.15, 0.2) is 71.7 Å². The molecule has 3 rings (SSSR count). The summed E-state index contributed by atoms with van der Waals surface area (Å²) in [6.07, 6.45) is 11.3. The first kappa shape index (κ1) is 27.4. The number of hydrogen-bond acceptors (Lipinski definition) is 6. The molecule has 3 atom stereocenters. The number of esters is 1. The van der Waals surface area contributed by atoms with E-state index in [-0.39, 0.29) is 6.10 Å². The molecule has 2 N–H and O–H groups in total. The molecule has 1 aliphatic heterocycles. The highest BCUT2D eigenvalue weighted by atomic mass is 32.1. The smallest absolute Gasteiger partial charge is 0.349 e. The van der Waals surface area contributed by atoms with Crippen molar-refractivity contribution in [1.29, 1.82) is 0 Å². The molecule has 0 radical (unpaired) electrons. The van der Waals surface area contributed by atoms with Gasteiger partial charge in [-0.3, -0.25) is 0 Å². The monoisotopic (exact) mass is 516 g/mol. The Morgan fingerprint density at radius 1 is 1.26 bits per heavy atom. The van der Waals surface area contributed by atoms with Gasteiger partial charge in [0.1, 0.15) is 12.3 Å². The minimum Gasteiger partial charge on any atom is -0.493 e. The number of aliphatic hydroxyl groups is 1. The number of carbonyl (C=O) groups excluding carboxylic acids is 1. The highest BCUT2D eigenvalue weighted by molar-refractivity contribution is 7.12. The summed E-state index contributed by atoms with van der Waals surface area (Å²) in [5.74, 6) is 0.559. The van der Waals surface area contributed by atoms with Gasteiger partial charge >= 0.3 is 5.97 Å². The van der Waals surface area contributed by atoms with E-state index in [1.807, 2.05) is 35.0 Å². The number of quaternary nitrogens is 1. The van der Waals surface area contributed by atoms with Crippen LogP contribution >= 0.6 is 22.7 Å². The van der Waals surface area contributed by atoms with Gasteiger partial charge < -0.3 is 19.5 Å². The van der Waals surface area contributed by atoms with E-state index >= 15 is 0 Å². The summed E-state index contributed by atoms with van der Waals surface area (Å²) >= 11 is 2.74. The number of rotatable bonds is 13. The first-order valence-corrected chi connectivity index (χ1v) is 14.3. The van der Waals surface area contributed by atoms with Crippen molar-refractivity contribution in [2.45, 2.75) is 51.2 Å². The maximum atomic E-state index is 13.5. The molecule has 1 saturated heterocycles. The predicted molar refractivity (Wildman–Crippen MR) is 144 cm³/mol. The minimum absolute atomic E-state index is 0.215. The van der Waals surface area contributed by atoms with Crippen LogP contribution in [0.3, 0.4) is 0 Å². The largest absolute Gasteiger partial charge is 0.493 e. The Bertz CT molecular complexity index is 931. The van der Waals surface area contributed by atoms with Crippen molar-refractivity contribution in [3.8, 4) is 0 Å². The van der Waals surface area contributed by atoms with Crippen molar-refractivity contribution in [3.05, 3.63) is 81.4 Å². The zero-order valence-electron chi connectivity index (χ0n) is 20.8. The fourth-order valence-corrected chi connectivity index (χ4v) is 6.20. The Hall–Kier alpha value is -2.19. The Morgan fingerprint density at radius 2 is 1.97 bits per heavy atom. The Labute approximate surface area is 217 Å². The van der Waals surface area contributed by atoms with Crippen LogP contribution in [0.2, 0.25) is 0 Å². The van der Waals surface area contributed by atoms with E-state index in [0.717, 1.165) is 51.1 Å². The van der Waals surface area contributed by atoms with Crippen molar-refractivity contribution in [2.75, 3.05) is 26.2 Å². The zero-order chi connectivity index (χ0) is 25.1. The van der Waals surface area contributed by atoms with Crippen molar-refractivity contribution in [1.82, 2.24) is 0 Å². The van der Waals surface area contributed by atoms with Crippen LogP contribution in [0.25, 0.3) is 0 Å². The highest BCUT2D eigenvalue weighted by Gasteiger charge is 2.46. The number of nitrogens with one attached hydrogen (secondary N) is 1. The van der Waals surface area contributed by atoms with Gasteiger partial charge in [-0.25, -0.2) is 4.79 Å². The Morgan fingerprint density at radius 3 is 2.54 bits per heavy atom. The van der Waals surface area contributed by atoms with E-state index in [0.29, 0.717) is 22.3 Å². The maximum absolute atomic E-state index is 13.5. The zero-order valence-corrected chi connectivity index (χ0v) is 22.4. The van der Waals surface area contributed by atoms with E-state index in [1.54, 1.807) is 18.2 Å². The summed E-state index contributed by atoms with van der Waals surface area (Å²) in [6, 6.07) is 7.30. The molecule has 0 saturated carbocycles. The molecule has 35 heavy (non-hydrogen) atoms. The molecule has 2 aromatic rings. The third-order valence-corrected chi connectivity index (χ3v) is 8.42. The number of allylic oxidation sites excluding steroid dienone is 4. The van der Waals surface area contributed by atoms with Crippen LogP contribution in [0, 0.1) is 5.92 Å². The van der Waals surface area contributed by atoms with Gasteiger partial charge in [0.2, 0.25) is 5.60 Å². The molecule has 7 heteroatoms. The second-order valence-corrected chi connectivity index (χ2v) is 10.7. The number of thiophene rings is 2. The first-order chi connectivity index (χ1) is 17.0. The normalized spacial score (nSPS) is 21.2. The highest BCUT2D eigenvalue weighted by Crippen LogP contribution is 2.37. The van der Waals surface area contributed by atoms with Gasteiger partial charge in [0.25, 0.3) is 0 Å². The van der Waals surface area contributed by atoms with Gasteiger partial charge in [0.05, 0.1) is 29.5 Å². The van der Waals surface area contributed by atoms with Gasteiger partial charge in [0, 0.05) is 18.8 Å². The van der Waals surface area contributed by atoms with Crippen molar-refractivity contribution in [3.63, 3.8) is 0 Å². The van der Waals surface area contributed by atoms with Crippen molar-refractivity contribution < 1.29 is 24.3 Å². The topological polar surface area (TPSA) is 60.2 Å². The summed E-state index contributed by atoms with van der Waals surface area (Å²) in [5, 5.41) is 15.3. The average Bonchev–Trinajstić information content (AvgIpc) is 3.60. The van der Waals surface area contributed by atoms with Crippen LogP contribution in [-0.2, 0) is 19.9 Å². The predicted octanol–water partition coefficient (Wildman–Crippen LogP) is 4.71. The molecular formula is C28H38NO4S2+. The fourth-order valence-electron chi connectivity index (χ4n) is 4.49. The molecule has 0 bridgehead atoms. The minimum atomic E-state index is -1.76. The van der Waals surface area contributed by atoms with Crippen molar-refractivity contribution in [2.24, 2.45) is 5.92 Å². The average molecular weight is 517 g/mol. The molecule has 3 heterocycles. The number of piperidine rings is 1. The lowest BCUT2D eigenvalue weighted by Gasteiger charge is -2.36. The molecule has 190 valence electrons. The third-order valence-electron chi connectivity index (χ3n) is 6.46. The second-order valence-electron chi connectivity index (χ2n) is 8.84. The molecule has 0 spiro atoms. The summed E-state index contributed by atoms with van der Waals surface area (Å²) in [4.78, 5) is 16.1. The van der Waals surface area contributed by atoms with Crippen LogP contribution in [0.5, 0.6) is 0 Å². The summed E-state index contributed by atoms with van der Waals surface area (Å²) in [7, 11) is 0. The molecule has 0 aromatic carbocycles. The molecular weight excluding hydrogens is 478 g/mol. The molecule has 2 aromatic heterocycles. The summed E-state index contributed by atoms with van der Waals surface area (Å²) in [5.41, 5.74) is -1.76. The number of hydrogen-bond donors (Lipinski definition) is 2. The van der Waals surface area contributed by atoms with Crippen LogP contribution in [-0.4, -0.2) is 43.4 Å². The molecule has 1 fully saturated rings. The second kappa shape index (κ2) is 13.8. The molecule has 5 nitrogen and oxygen atoms in total. The van der Waals surface area contributed by atoms with E-state index in [1.165, 1.54) is 27.6 Å². The fraction of sp³-hybridized carbons (Fsp3) is 0.464. The van der Waals surface area contributed by atoms with Crippen LogP contribution < -0.4 is 4.90 Å². The Kier molecular flexibility index (Phi) is 10.8. The van der Waals surface area contributed by atoms with Gasteiger partial charge in [-0.1, -0.05) is 44.7 Å². The van der Waals surface area contributed by atoms with Crippen LogP contribution in [0.1, 0.15) is 49.3 Å². The van der Waals surface area contributed by atoms with E-state index in [9.17, 15) is 9.90 Å². The molecule has 1 aliphatic rings. The molecule has 0 aliphatic carbocycles. The number of likely N-dealkylation sites (tertiary alicyclic amines) is 1. The van der Waals surface area contributed by atoms with E-state index in [4.69, 9.17) is 9.47 Å². The number of ether oxygens (including phenoxy) is 2. The van der Waals surface area contributed by atoms with Gasteiger partial charge in [0.15, 0.2) is 6.10 Å². The maximum Gasteiger partial charge on any atom is 0.349 e. The van der Waals surface area contributed by atoms with Crippen LogP contribution in [0.4, 0.5) is 0 Å². The summed E-state index contributed by atoms with van der Waals surface area (Å²) in [6.45, 7) is 11.4. The SMILES string of the molecule is C=C/C=C(\C=C/CC)OCCC[NH+]1CCC(CC)C(OC(=O)C(O)(c2cccs2)c2cccs2)C1. The van der Waals surface area contributed by atoms with E-state index < -0.39 is 11.6 Å². The third kappa shape index (κ3) is 7.17. The quantitative estimate of drug-likeness (QED) is 0.175. The lowest BCUT2D eigenvalue weighted by Crippen LogP contribution is -3.14. The summed E-state index contributed by atoms with van der Waals surface area (Å²) < 4.78 is 12.0. The van der Waals surface area contributed by atoms with Crippen molar-refractivity contribution >= 4 is 28.6 Å². The van der Waals surface area contributed by atoms with Gasteiger partial charge in [-0.05, 0) is 47.9 Å². The van der Waals surface area contributed by atoms with Gasteiger partial charge in [-0.15, -0.1) is 22.7 Å².